The van der Waals surface area contributed by atoms with Gasteiger partial charge in [-0.2, -0.15) is 8.42 Å². The monoisotopic (exact) mass is 252 g/mol. The summed E-state index contributed by atoms with van der Waals surface area (Å²) in [5.74, 6) is 2.29. The molecule has 2 unspecified atom stereocenters. The van der Waals surface area contributed by atoms with E-state index in [2.05, 4.69) is 5.92 Å². The lowest BCUT2D eigenvalue weighted by Gasteiger charge is -2.21. The average molecular weight is 252 g/mol. The Balaban J connectivity index is 2.97. The maximum atomic E-state index is 11.1. The van der Waals surface area contributed by atoms with Gasteiger partial charge in [-0.3, -0.25) is 4.18 Å². The first-order valence-electron chi connectivity index (χ1n) is 5.37. The van der Waals surface area contributed by atoms with Crippen molar-refractivity contribution >= 4 is 10.1 Å². The van der Waals surface area contributed by atoms with Crippen LogP contribution in [0.2, 0.25) is 0 Å². The highest BCUT2D eigenvalue weighted by atomic mass is 32.2. The van der Waals surface area contributed by atoms with Crippen molar-refractivity contribution < 1.29 is 12.6 Å². The largest absolute Gasteiger partial charge is 0.265 e. The molecule has 0 aliphatic carbocycles. The third-order valence-electron chi connectivity index (χ3n) is 2.48. The Hall–Kier alpha value is -1.31. The molecule has 0 saturated carbocycles. The van der Waals surface area contributed by atoms with Gasteiger partial charge >= 0.3 is 0 Å². The van der Waals surface area contributed by atoms with Crippen molar-refractivity contribution in [2.75, 3.05) is 6.26 Å². The molecular formula is C13H16O3S. The minimum absolute atomic E-state index is 0.115. The molecule has 92 valence electrons. The van der Waals surface area contributed by atoms with Crippen LogP contribution in [-0.2, 0) is 14.3 Å². The van der Waals surface area contributed by atoms with Crippen LogP contribution >= 0.6 is 0 Å². The van der Waals surface area contributed by atoms with Crippen molar-refractivity contribution in [1.82, 2.24) is 0 Å². The molecule has 17 heavy (non-hydrogen) atoms. The van der Waals surface area contributed by atoms with Crippen LogP contribution in [-0.4, -0.2) is 20.8 Å². The highest BCUT2D eigenvalue weighted by Crippen LogP contribution is 2.25. The maximum Gasteiger partial charge on any atom is 0.265 e. The summed E-state index contributed by atoms with van der Waals surface area (Å²) in [5.41, 5.74) is 0.988. The van der Waals surface area contributed by atoms with Gasteiger partial charge < -0.3 is 0 Å². The fourth-order valence-electron chi connectivity index (χ4n) is 1.72. The summed E-state index contributed by atoms with van der Waals surface area (Å²) in [4.78, 5) is 0. The average Bonchev–Trinajstić information content (AvgIpc) is 2.28. The summed E-state index contributed by atoms with van der Waals surface area (Å²) >= 11 is 0. The van der Waals surface area contributed by atoms with Gasteiger partial charge in [0.2, 0.25) is 0 Å². The molecule has 1 aromatic carbocycles. The molecule has 1 rings (SSSR count). The van der Waals surface area contributed by atoms with E-state index in [9.17, 15) is 8.42 Å². The summed E-state index contributed by atoms with van der Waals surface area (Å²) in [7, 11) is -3.54. The van der Waals surface area contributed by atoms with Crippen LogP contribution in [0.1, 0.15) is 24.8 Å². The lowest BCUT2D eigenvalue weighted by Crippen LogP contribution is -2.23. The van der Waals surface area contributed by atoms with E-state index in [4.69, 9.17) is 10.6 Å². The molecule has 0 aromatic heterocycles. The van der Waals surface area contributed by atoms with Gasteiger partial charge in [0.25, 0.3) is 10.1 Å². The number of hydrogen-bond acceptors (Lipinski definition) is 3. The lowest BCUT2D eigenvalue weighted by atomic mass is 9.91. The molecule has 0 saturated heterocycles. The predicted octanol–water partition coefficient (Wildman–Crippen LogP) is 2.16. The van der Waals surface area contributed by atoms with Crippen molar-refractivity contribution in [2.45, 2.75) is 25.4 Å². The first-order valence-corrected chi connectivity index (χ1v) is 7.19. The molecule has 0 fully saturated rings. The van der Waals surface area contributed by atoms with Gasteiger partial charge in [-0.15, -0.1) is 6.42 Å². The molecule has 0 heterocycles. The fourth-order valence-corrected chi connectivity index (χ4v) is 2.29. The van der Waals surface area contributed by atoms with Crippen LogP contribution in [0.25, 0.3) is 0 Å². The predicted molar refractivity (Wildman–Crippen MR) is 68.0 cm³/mol. The summed E-state index contributed by atoms with van der Waals surface area (Å²) in [6, 6.07) is 9.53. The van der Waals surface area contributed by atoms with Crippen LogP contribution in [0.15, 0.2) is 30.3 Å². The maximum absolute atomic E-state index is 11.1. The van der Waals surface area contributed by atoms with E-state index >= 15 is 0 Å². The van der Waals surface area contributed by atoms with Crippen molar-refractivity contribution in [1.29, 1.82) is 0 Å². The summed E-state index contributed by atoms with van der Waals surface area (Å²) < 4.78 is 27.2. The van der Waals surface area contributed by atoms with Crippen LogP contribution in [0, 0.1) is 12.3 Å². The Kier molecular flexibility index (Phi) is 4.73. The molecule has 2 atom stereocenters. The molecule has 0 radical (unpaired) electrons. The number of hydrogen-bond donors (Lipinski definition) is 0. The number of terminal acetylenes is 1. The zero-order valence-corrected chi connectivity index (χ0v) is 10.8. The molecule has 0 amide bonds. The third-order valence-corrected chi connectivity index (χ3v) is 3.03. The minimum Gasteiger partial charge on any atom is -0.253 e. The van der Waals surface area contributed by atoms with Crippen LogP contribution in [0.4, 0.5) is 0 Å². The molecule has 0 N–H and O–H groups in total. The number of benzene rings is 1. The molecule has 0 spiro atoms. The van der Waals surface area contributed by atoms with E-state index in [1.165, 1.54) is 0 Å². The van der Waals surface area contributed by atoms with Crippen molar-refractivity contribution in [3.8, 4) is 12.3 Å². The Morgan fingerprint density at radius 2 is 1.94 bits per heavy atom. The van der Waals surface area contributed by atoms with Gasteiger partial charge in [0.15, 0.2) is 0 Å². The van der Waals surface area contributed by atoms with E-state index in [0.29, 0.717) is 6.42 Å². The summed E-state index contributed by atoms with van der Waals surface area (Å²) in [5, 5.41) is 0. The molecular weight excluding hydrogens is 236 g/mol. The van der Waals surface area contributed by atoms with E-state index in [1.54, 1.807) is 0 Å². The number of rotatable bonds is 5. The Morgan fingerprint density at radius 1 is 1.35 bits per heavy atom. The van der Waals surface area contributed by atoms with Gasteiger partial charge in [-0.1, -0.05) is 43.2 Å². The molecule has 3 nitrogen and oxygen atoms in total. The van der Waals surface area contributed by atoms with Gasteiger partial charge in [0.05, 0.1) is 6.26 Å². The lowest BCUT2D eigenvalue weighted by molar-refractivity contribution is 0.231. The van der Waals surface area contributed by atoms with E-state index in [0.717, 1.165) is 11.8 Å². The third kappa shape index (κ3) is 4.22. The van der Waals surface area contributed by atoms with Crippen LogP contribution < -0.4 is 0 Å². The fraction of sp³-hybridized carbons (Fsp3) is 0.385. The Labute approximate surface area is 103 Å². The molecule has 1 aromatic rings. The van der Waals surface area contributed by atoms with Gasteiger partial charge in [0, 0.05) is 5.92 Å². The topological polar surface area (TPSA) is 43.4 Å². The second-order valence-electron chi connectivity index (χ2n) is 3.81. The SMILES string of the molecule is C#CC(OS(C)(=O)=O)C(CC)c1ccccc1. The van der Waals surface area contributed by atoms with Crippen molar-refractivity contribution in [3.63, 3.8) is 0 Å². The van der Waals surface area contributed by atoms with Gasteiger partial charge in [-0.25, -0.2) is 0 Å². The first kappa shape index (κ1) is 13.8. The standard InChI is InChI=1S/C13H16O3S/c1-4-12(11-9-7-6-8-10-11)13(5-2)16-17(3,14)15/h2,6-10,12-13H,4H2,1,3H3. The summed E-state index contributed by atoms with van der Waals surface area (Å²) in [6.45, 7) is 1.95. The molecule has 0 aliphatic heterocycles. The van der Waals surface area contributed by atoms with Crippen molar-refractivity contribution in [2.24, 2.45) is 0 Å². The zero-order chi connectivity index (χ0) is 12.9. The minimum atomic E-state index is -3.54. The first-order chi connectivity index (χ1) is 7.98. The molecule has 0 aliphatic rings. The Morgan fingerprint density at radius 3 is 2.35 bits per heavy atom. The second kappa shape index (κ2) is 5.85. The smallest absolute Gasteiger partial charge is 0.253 e. The van der Waals surface area contributed by atoms with Crippen molar-refractivity contribution in [3.05, 3.63) is 35.9 Å². The Bertz CT molecular complexity index is 485. The molecule has 4 heteroatoms. The van der Waals surface area contributed by atoms with Crippen LogP contribution in [0.5, 0.6) is 0 Å². The van der Waals surface area contributed by atoms with Gasteiger partial charge in [-0.05, 0) is 12.0 Å². The summed E-state index contributed by atoms with van der Waals surface area (Å²) in [6.07, 6.45) is 6.33. The van der Waals surface area contributed by atoms with E-state index < -0.39 is 16.2 Å². The highest BCUT2D eigenvalue weighted by Gasteiger charge is 2.24. The van der Waals surface area contributed by atoms with Crippen LogP contribution in [0.3, 0.4) is 0 Å². The zero-order valence-electron chi connectivity index (χ0n) is 9.96. The quantitative estimate of drug-likeness (QED) is 0.596. The van der Waals surface area contributed by atoms with Gasteiger partial charge in [0.1, 0.15) is 6.10 Å². The molecule has 0 bridgehead atoms. The normalized spacial score (nSPS) is 14.9. The second-order valence-corrected chi connectivity index (χ2v) is 5.41. The van der Waals surface area contributed by atoms with E-state index in [1.807, 2.05) is 37.3 Å². The highest BCUT2D eigenvalue weighted by molar-refractivity contribution is 7.86. The van der Waals surface area contributed by atoms with E-state index in [-0.39, 0.29) is 5.92 Å².